The Morgan fingerprint density at radius 3 is 1.74 bits per heavy atom. The summed E-state index contributed by atoms with van der Waals surface area (Å²) in [6, 6.07) is 22.8. The number of aryl methyl sites for hydroxylation is 1. The summed E-state index contributed by atoms with van der Waals surface area (Å²) in [5.74, 6) is 0.528. The summed E-state index contributed by atoms with van der Waals surface area (Å²) in [6.45, 7) is 1.79. The highest BCUT2D eigenvalue weighted by atomic mass is 32.1. The molecule has 1 aliphatic carbocycles. The van der Waals surface area contributed by atoms with E-state index < -0.39 is 0 Å². The first-order valence-corrected chi connectivity index (χ1v) is 10.3. The van der Waals surface area contributed by atoms with Gasteiger partial charge in [0.05, 0.1) is 0 Å². The number of hydrogen-bond donors (Lipinski definition) is 1. The molecule has 0 spiro atoms. The lowest BCUT2D eigenvalue weighted by atomic mass is 9.83. The Balaban J connectivity index is 1.51. The zero-order chi connectivity index (χ0) is 18.8. The van der Waals surface area contributed by atoms with Crippen LogP contribution in [0, 0.1) is 12.7 Å². The minimum absolute atomic E-state index is 0.154. The van der Waals surface area contributed by atoms with Gasteiger partial charge in [0.2, 0.25) is 0 Å². The van der Waals surface area contributed by atoms with E-state index in [0.717, 1.165) is 11.1 Å². The normalized spacial score (nSPS) is 19.8. The maximum absolute atomic E-state index is 13.8. The van der Waals surface area contributed by atoms with E-state index in [4.69, 9.17) is 0 Å². The molecule has 1 fully saturated rings. The van der Waals surface area contributed by atoms with Gasteiger partial charge in [-0.3, -0.25) is 0 Å². The highest BCUT2D eigenvalue weighted by Crippen LogP contribution is 2.35. The van der Waals surface area contributed by atoms with Gasteiger partial charge in [-0.1, -0.05) is 60.7 Å². The predicted octanol–water partition coefficient (Wildman–Crippen LogP) is 7.42. The Bertz CT molecular complexity index is 904. The van der Waals surface area contributed by atoms with E-state index in [2.05, 4.69) is 61.2 Å². The molecule has 0 saturated heterocycles. The monoisotopic (exact) mass is 376 g/mol. The van der Waals surface area contributed by atoms with Crippen LogP contribution in [-0.4, -0.2) is 5.25 Å². The van der Waals surface area contributed by atoms with Crippen LogP contribution >= 0.6 is 12.6 Å². The van der Waals surface area contributed by atoms with E-state index in [-0.39, 0.29) is 5.82 Å². The quantitative estimate of drug-likeness (QED) is 0.452. The lowest BCUT2D eigenvalue weighted by Crippen LogP contribution is -2.12. The molecule has 0 heterocycles. The number of rotatable bonds is 3. The Labute approximate surface area is 166 Å². The Morgan fingerprint density at radius 2 is 1.19 bits per heavy atom. The van der Waals surface area contributed by atoms with E-state index in [1.165, 1.54) is 42.4 Å². The largest absolute Gasteiger partial charge is 0.207 e. The molecule has 3 aromatic carbocycles. The zero-order valence-electron chi connectivity index (χ0n) is 15.7. The molecular weight excluding hydrogens is 351 g/mol. The van der Waals surface area contributed by atoms with Gasteiger partial charge in [-0.25, -0.2) is 4.39 Å². The van der Waals surface area contributed by atoms with Crippen LogP contribution in [0.3, 0.4) is 0 Å². The van der Waals surface area contributed by atoms with E-state index in [9.17, 15) is 4.39 Å². The number of hydrogen-bond acceptors (Lipinski definition) is 1. The first kappa shape index (κ1) is 18.3. The van der Waals surface area contributed by atoms with Crippen molar-refractivity contribution >= 4 is 12.6 Å². The predicted molar refractivity (Wildman–Crippen MR) is 116 cm³/mol. The molecule has 0 amide bonds. The average molecular weight is 377 g/mol. The average Bonchev–Trinajstić information content (AvgIpc) is 2.71. The van der Waals surface area contributed by atoms with E-state index >= 15 is 0 Å². The van der Waals surface area contributed by atoms with Crippen molar-refractivity contribution in [2.45, 2.75) is 43.8 Å². The van der Waals surface area contributed by atoms with Gasteiger partial charge in [-0.2, -0.15) is 12.6 Å². The summed E-state index contributed by atoms with van der Waals surface area (Å²) in [4.78, 5) is 0. The minimum Gasteiger partial charge on any atom is -0.207 e. The topological polar surface area (TPSA) is 0 Å². The van der Waals surface area contributed by atoms with Gasteiger partial charge in [0.15, 0.2) is 0 Å². The molecule has 3 aromatic rings. The summed E-state index contributed by atoms with van der Waals surface area (Å²) in [7, 11) is 0. The van der Waals surface area contributed by atoms with E-state index in [1.807, 2.05) is 12.1 Å². The van der Waals surface area contributed by atoms with Crippen molar-refractivity contribution in [1.82, 2.24) is 0 Å². The SMILES string of the molecule is Cc1ccc(-c2ccc(-c3ccc(C4CCC(S)CC4)cc3)cc2)cc1F. The Morgan fingerprint density at radius 1 is 0.704 bits per heavy atom. The summed E-state index contributed by atoms with van der Waals surface area (Å²) >= 11 is 4.60. The third-order valence-electron chi connectivity index (χ3n) is 5.80. The van der Waals surface area contributed by atoms with Gasteiger partial charge in [-0.05, 0) is 78.0 Å². The highest BCUT2D eigenvalue weighted by Gasteiger charge is 2.20. The molecule has 4 rings (SSSR count). The molecule has 0 aliphatic heterocycles. The van der Waals surface area contributed by atoms with Crippen molar-refractivity contribution in [1.29, 1.82) is 0 Å². The third-order valence-corrected chi connectivity index (χ3v) is 6.32. The molecule has 0 unspecified atom stereocenters. The van der Waals surface area contributed by atoms with Crippen LogP contribution in [0.1, 0.15) is 42.7 Å². The second kappa shape index (κ2) is 7.90. The van der Waals surface area contributed by atoms with Crippen molar-refractivity contribution in [3.63, 3.8) is 0 Å². The zero-order valence-corrected chi connectivity index (χ0v) is 16.6. The molecule has 0 nitrogen and oxygen atoms in total. The summed E-state index contributed by atoms with van der Waals surface area (Å²) < 4.78 is 13.8. The van der Waals surface area contributed by atoms with Gasteiger partial charge in [0.25, 0.3) is 0 Å². The lowest BCUT2D eigenvalue weighted by molar-refractivity contribution is 0.455. The third kappa shape index (κ3) is 4.11. The number of benzene rings is 3. The molecule has 0 bridgehead atoms. The van der Waals surface area contributed by atoms with Crippen LogP contribution in [0.5, 0.6) is 0 Å². The summed E-state index contributed by atoms with van der Waals surface area (Å²) in [5.41, 5.74) is 6.50. The molecule has 0 N–H and O–H groups in total. The molecule has 0 atom stereocenters. The molecular formula is C25H25FS. The number of halogens is 1. The standard InChI is InChI=1S/C25H25FS/c1-17-2-3-23(16-25(17)26)22-10-8-19(9-11-22)18-4-6-20(7-5-18)21-12-14-24(27)15-13-21/h2-11,16,21,24,27H,12-15H2,1H3. The van der Waals surface area contributed by atoms with E-state index in [0.29, 0.717) is 16.7 Å². The minimum atomic E-state index is -0.154. The fourth-order valence-electron chi connectivity index (χ4n) is 3.98. The van der Waals surface area contributed by atoms with Gasteiger partial charge in [0, 0.05) is 5.25 Å². The number of thiol groups is 1. The van der Waals surface area contributed by atoms with E-state index in [1.54, 1.807) is 13.0 Å². The first-order chi connectivity index (χ1) is 13.1. The second-order valence-electron chi connectivity index (χ2n) is 7.67. The smallest absolute Gasteiger partial charge is 0.126 e. The van der Waals surface area contributed by atoms with Crippen molar-refractivity contribution in [3.8, 4) is 22.3 Å². The van der Waals surface area contributed by atoms with Gasteiger partial charge >= 0.3 is 0 Å². The molecule has 1 saturated carbocycles. The maximum atomic E-state index is 13.8. The molecule has 1 aliphatic rings. The maximum Gasteiger partial charge on any atom is 0.126 e. The van der Waals surface area contributed by atoms with Crippen LogP contribution in [0.4, 0.5) is 4.39 Å². The van der Waals surface area contributed by atoms with Crippen LogP contribution in [0.25, 0.3) is 22.3 Å². The Kier molecular flexibility index (Phi) is 5.36. The van der Waals surface area contributed by atoms with Crippen molar-refractivity contribution in [2.75, 3.05) is 0 Å². The molecule has 0 aromatic heterocycles. The summed E-state index contributed by atoms with van der Waals surface area (Å²) in [5, 5.41) is 0.584. The van der Waals surface area contributed by atoms with Crippen LogP contribution in [0.2, 0.25) is 0 Å². The molecule has 138 valence electrons. The van der Waals surface area contributed by atoms with Crippen LogP contribution < -0.4 is 0 Å². The lowest BCUT2D eigenvalue weighted by Gasteiger charge is -2.26. The fraction of sp³-hybridized carbons (Fsp3) is 0.280. The summed E-state index contributed by atoms with van der Waals surface area (Å²) in [6.07, 6.45) is 4.93. The fourth-order valence-corrected chi connectivity index (χ4v) is 4.28. The van der Waals surface area contributed by atoms with Crippen molar-refractivity contribution in [3.05, 3.63) is 83.7 Å². The molecule has 0 radical (unpaired) electrons. The highest BCUT2D eigenvalue weighted by molar-refractivity contribution is 7.80. The van der Waals surface area contributed by atoms with Crippen molar-refractivity contribution in [2.24, 2.45) is 0 Å². The Hall–Kier alpha value is -2.06. The first-order valence-electron chi connectivity index (χ1n) is 9.75. The molecule has 27 heavy (non-hydrogen) atoms. The molecule has 2 heteroatoms. The van der Waals surface area contributed by atoms with Gasteiger partial charge in [-0.15, -0.1) is 0 Å². The van der Waals surface area contributed by atoms with Crippen LogP contribution in [-0.2, 0) is 0 Å². The van der Waals surface area contributed by atoms with Crippen LogP contribution in [0.15, 0.2) is 66.7 Å². The van der Waals surface area contributed by atoms with Gasteiger partial charge < -0.3 is 0 Å². The van der Waals surface area contributed by atoms with Crippen molar-refractivity contribution < 1.29 is 4.39 Å². The second-order valence-corrected chi connectivity index (χ2v) is 8.40. The van der Waals surface area contributed by atoms with Gasteiger partial charge in [0.1, 0.15) is 5.82 Å².